The minimum atomic E-state index is -0.442. The van der Waals surface area contributed by atoms with Crippen molar-refractivity contribution in [2.24, 2.45) is 0 Å². The number of hydrogen-bond acceptors (Lipinski definition) is 1. The fourth-order valence-corrected chi connectivity index (χ4v) is 8.34. The van der Waals surface area contributed by atoms with Gasteiger partial charge in [-0.15, -0.1) is 0 Å². The van der Waals surface area contributed by atoms with Gasteiger partial charge < -0.3 is 4.42 Å². The first-order valence-corrected chi connectivity index (χ1v) is 17.4. The third-order valence-corrected chi connectivity index (χ3v) is 10.4. The molecule has 0 saturated carbocycles. The minimum absolute atomic E-state index is 0.147. The summed E-state index contributed by atoms with van der Waals surface area (Å²) in [6.45, 7) is 0. The normalized spacial score (nSPS) is 14.4. The first kappa shape index (κ1) is 21.4. The van der Waals surface area contributed by atoms with Crippen LogP contribution in [0.2, 0.25) is 0 Å². The van der Waals surface area contributed by atoms with Gasteiger partial charge in [0.15, 0.2) is 0 Å². The van der Waals surface area contributed by atoms with Crippen LogP contribution in [0, 0.1) is 0 Å². The highest BCUT2D eigenvalue weighted by Crippen LogP contribution is 2.48. The van der Waals surface area contributed by atoms with Crippen molar-refractivity contribution in [1.82, 2.24) is 0 Å². The third-order valence-electron chi connectivity index (χ3n) is 10.4. The van der Waals surface area contributed by atoms with Gasteiger partial charge in [0, 0.05) is 10.8 Å². The molecule has 0 fully saturated rings. The van der Waals surface area contributed by atoms with Crippen LogP contribution in [0.4, 0.5) is 0 Å². The Morgan fingerprint density at radius 2 is 0.736 bits per heavy atom. The van der Waals surface area contributed by atoms with Crippen molar-refractivity contribution in [1.29, 1.82) is 0 Å². The molecule has 53 heavy (non-hydrogen) atoms. The zero-order valence-corrected chi connectivity index (χ0v) is 28.1. The number of furan rings is 1. The average molecular weight is 683 g/mol. The Balaban J connectivity index is 1.22. The fraction of sp³-hybridized carbons (Fsp3) is 0. The molecule has 1 nitrogen and oxygen atoms in total. The molecule has 1 heteroatoms. The highest BCUT2D eigenvalue weighted by atomic mass is 16.3. The van der Waals surface area contributed by atoms with E-state index in [0.717, 1.165) is 76.1 Å². The number of rotatable bonds is 4. The summed E-state index contributed by atoms with van der Waals surface area (Å²) >= 11 is 0. The van der Waals surface area contributed by atoms with Crippen LogP contribution in [-0.2, 0) is 0 Å². The van der Waals surface area contributed by atoms with Gasteiger partial charge in [0.1, 0.15) is 11.2 Å². The lowest BCUT2D eigenvalue weighted by molar-refractivity contribution is 0.669. The van der Waals surface area contributed by atoms with Gasteiger partial charge in [0.25, 0.3) is 0 Å². The average Bonchev–Trinajstić information content (AvgIpc) is 3.69. The van der Waals surface area contributed by atoms with Crippen LogP contribution >= 0.6 is 0 Å². The van der Waals surface area contributed by atoms with Gasteiger partial charge >= 0.3 is 0 Å². The fourth-order valence-electron chi connectivity index (χ4n) is 8.34. The Morgan fingerprint density at radius 1 is 0.321 bits per heavy atom. The van der Waals surface area contributed by atoms with Crippen LogP contribution in [0.3, 0.4) is 0 Å². The maximum Gasteiger partial charge on any atom is 0.136 e. The molecule has 0 bridgehead atoms. The van der Waals surface area contributed by atoms with Gasteiger partial charge in [-0.1, -0.05) is 176 Å². The van der Waals surface area contributed by atoms with Gasteiger partial charge in [-0.3, -0.25) is 0 Å². The van der Waals surface area contributed by atoms with Crippen molar-refractivity contribution in [2.45, 2.75) is 0 Å². The molecule has 246 valence electrons. The van der Waals surface area contributed by atoms with E-state index in [-0.39, 0.29) is 47.4 Å². The summed E-state index contributed by atoms with van der Waals surface area (Å²) in [5.41, 5.74) is 6.42. The molecule has 10 aromatic carbocycles. The molecule has 0 atom stereocenters. The Labute approximate surface area is 321 Å². The molecule has 0 radical (unpaired) electrons. The van der Waals surface area contributed by atoms with Crippen LogP contribution in [0.1, 0.15) is 13.7 Å². The first-order valence-electron chi connectivity index (χ1n) is 22.4. The second kappa shape index (κ2) is 11.8. The summed E-state index contributed by atoms with van der Waals surface area (Å²) < 4.78 is 93.1. The van der Waals surface area contributed by atoms with E-state index in [1.807, 2.05) is 121 Å². The molecule has 0 saturated heterocycles. The first-order chi connectivity index (χ1) is 30.5. The highest BCUT2D eigenvalue weighted by Gasteiger charge is 2.22. The zero-order valence-electron chi connectivity index (χ0n) is 38.1. The molecule has 0 aliphatic heterocycles. The van der Waals surface area contributed by atoms with Gasteiger partial charge in [-0.2, -0.15) is 0 Å². The Morgan fingerprint density at radius 3 is 1.19 bits per heavy atom. The van der Waals surface area contributed by atoms with Crippen molar-refractivity contribution in [3.8, 4) is 44.5 Å². The van der Waals surface area contributed by atoms with Crippen molar-refractivity contribution in [3.05, 3.63) is 194 Å². The van der Waals surface area contributed by atoms with Crippen LogP contribution < -0.4 is 0 Å². The van der Waals surface area contributed by atoms with Gasteiger partial charge in [-0.25, -0.2) is 0 Å². The van der Waals surface area contributed by atoms with Gasteiger partial charge in [0.05, 0.1) is 13.7 Å². The summed E-state index contributed by atoms with van der Waals surface area (Å²) in [6, 6.07) is 39.8. The maximum atomic E-state index is 8.99. The Bertz CT molecular complexity index is 3640. The van der Waals surface area contributed by atoms with E-state index >= 15 is 0 Å². The molecule has 1 aromatic heterocycles. The number of fused-ring (bicyclic) bond motifs is 7. The van der Waals surface area contributed by atoms with Crippen molar-refractivity contribution in [2.75, 3.05) is 0 Å². The number of benzene rings is 10. The SMILES string of the molecule is [2H]c1c([2H])c([2H])c(-c2c3ccccc3c(-c3ccc4oc5cccc(-c6c7ccccc7c(-c7c([2H])c([2H])c([2H])c([2H])c7[2H])c7ccccc67)c5c4c3)c3ccccc23)c([2H])c1[2H]. The van der Waals surface area contributed by atoms with Crippen LogP contribution in [-0.4, -0.2) is 0 Å². The largest absolute Gasteiger partial charge is 0.456 e. The summed E-state index contributed by atoms with van der Waals surface area (Å²) in [7, 11) is 0. The van der Waals surface area contributed by atoms with E-state index in [9.17, 15) is 0 Å². The maximum absolute atomic E-state index is 8.99. The van der Waals surface area contributed by atoms with Crippen LogP contribution in [0.25, 0.3) is 110 Å². The van der Waals surface area contributed by atoms with Gasteiger partial charge in [-0.05, 0) is 106 Å². The molecule has 0 aliphatic rings. The quantitative estimate of drug-likeness (QED) is 0.168. The van der Waals surface area contributed by atoms with Crippen molar-refractivity contribution in [3.63, 3.8) is 0 Å². The van der Waals surface area contributed by atoms with E-state index in [1.54, 1.807) is 0 Å². The molecule has 11 aromatic rings. The molecular formula is C52H32O. The summed E-state index contributed by atoms with van der Waals surface area (Å²) in [6.07, 6.45) is 0. The minimum Gasteiger partial charge on any atom is -0.456 e. The lowest BCUT2D eigenvalue weighted by atomic mass is 9.84. The zero-order chi connectivity index (χ0) is 43.6. The van der Waals surface area contributed by atoms with E-state index in [4.69, 9.17) is 18.1 Å². The standard InChI is InChI=1S/C52H32O/c1-3-16-33(17-4-1)48-36-20-7-9-22-38(36)50(39-23-10-8-21-37(39)48)35-30-31-46-45(32-35)52-44(28-15-29-47(52)53-46)51-42-26-13-11-24-40(42)49(34-18-5-2-6-19-34)41-25-12-14-27-43(41)51/h1-32H/i1D,2D,3D,4D,5D,6D,16D,17D,18D,19D. The van der Waals surface area contributed by atoms with Crippen molar-refractivity contribution < 1.29 is 18.1 Å². The summed E-state index contributed by atoms with van der Waals surface area (Å²) in [5.74, 6) is 0. The smallest absolute Gasteiger partial charge is 0.136 e. The Hall–Kier alpha value is -6.96. The lowest BCUT2D eigenvalue weighted by Crippen LogP contribution is -1.91. The predicted molar refractivity (Wildman–Crippen MR) is 225 cm³/mol. The van der Waals surface area contributed by atoms with E-state index in [2.05, 4.69) is 12.1 Å². The van der Waals surface area contributed by atoms with E-state index in [0.29, 0.717) is 22.3 Å². The van der Waals surface area contributed by atoms with E-state index < -0.39 is 24.2 Å². The number of hydrogen-bond donors (Lipinski definition) is 0. The van der Waals surface area contributed by atoms with Crippen LogP contribution in [0.5, 0.6) is 0 Å². The van der Waals surface area contributed by atoms with E-state index in [1.165, 1.54) is 0 Å². The van der Waals surface area contributed by atoms with Crippen molar-refractivity contribution >= 4 is 65.0 Å². The molecular weight excluding hydrogens is 641 g/mol. The predicted octanol–water partition coefficient (Wildman–Crippen LogP) is 14.9. The van der Waals surface area contributed by atoms with Crippen LogP contribution in [0.15, 0.2) is 198 Å². The third kappa shape index (κ3) is 4.51. The summed E-state index contributed by atoms with van der Waals surface area (Å²) in [5, 5.41) is 8.12. The molecule has 0 unspecified atom stereocenters. The molecule has 1 heterocycles. The summed E-state index contributed by atoms with van der Waals surface area (Å²) in [4.78, 5) is 0. The second-order valence-corrected chi connectivity index (χ2v) is 13.2. The molecule has 0 amide bonds. The lowest BCUT2D eigenvalue weighted by Gasteiger charge is -2.18. The molecule has 0 spiro atoms. The molecule has 11 rings (SSSR count). The topological polar surface area (TPSA) is 13.1 Å². The molecule has 0 aliphatic carbocycles. The molecule has 0 N–H and O–H groups in total. The monoisotopic (exact) mass is 682 g/mol. The van der Waals surface area contributed by atoms with Gasteiger partial charge in [0.2, 0.25) is 0 Å². The second-order valence-electron chi connectivity index (χ2n) is 13.2. The highest BCUT2D eigenvalue weighted by molar-refractivity contribution is 6.27. The Kier molecular flexibility index (Phi) is 4.77.